The van der Waals surface area contributed by atoms with Crippen molar-refractivity contribution in [1.29, 1.82) is 0 Å². The summed E-state index contributed by atoms with van der Waals surface area (Å²) in [6, 6.07) is 0.837. The van der Waals surface area contributed by atoms with E-state index in [9.17, 15) is 0 Å². The lowest BCUT2D eigenvalue weighted by molar-refractivity contribution is 0.0135. The van der Waals surface area contributed by atoms with Gasteiger partial charge in [-0.15, -0.1) is 0 Å². The van der Waals surface area contributed by atoms with E-state index in [-0.39, 0.29) is 0 Å². The summed E-state index contributed by atoms with van der Waals surface area (Å²) in [6.45, 7) is 7.75. The molecule has 2 atom stereocenters. The van der Waals surface area contributed by atoms with Crippen LogP contribution in [0, 0.1) is 5.92 Å². The minimum Gasteiger partial charge on any atom is -0.329 e. The van der Waals surface area contributed by atoms with Gasteiger partial charge in [-0.05, 0) is 12.3 Å². The van der Waals surface area contributed by atoms with Crippen molar-refractivity contribution in [3.63, 3.8) is 0 Å². The fourth-order valence-electron chi connectivity index (χ4n) is 2.13. The number of rotatable bonds is 4. The Morgan fingerprint density at radius 1 is 1.36 bits per heavy atom. The molecular formula is C9H20N2. The van der Waals surface area contributed by atoms with Gasteiger partial charge in [0.2, 0.25) is 0 Å². The smallest absolute Gasteiger partial charge is 0.0134 e. The van der Waals surface area contributed by atoms with Gasteiger partial charge in [0.1, 0.15) is 0 Å². The first-order valence-corrected chi connectivity index (χ1v) is 4.77. The maximum absolute atomic E-state index is 5.50. The maximum atomic E-state index is 5.50. The highest BCUT2D eigenvalue weighted by Crippen LogP contribution is 2.28. The molecule has 0 aromatic heterocycles. The summed E-state index contributed by atoms with van der Waals surface area (Å²) < 4.78 is 0. The van der Waals surface area contributed by atoms with Gasteiger partial charge < -0.3 is 5.73 Å². The molecule has 11 heavy (non-hydrogen) atoms. The molecule has 1 aliphatic heterocycles. The Morgan fingerprint density at radius 3 is 2.55 bits per heavy atom. The van der Waals surface area contributed by atoms with Crippen LogP contribution in [0.25, 0.3) is 0 Å². The second-order valence-corrected chi connectivity index (χ2v) is 3.43. The van der Waals surface area contributed by atoms with Crippen LogP contribution in [-0.2, 0) is 0 Å². The molecule has 66 valence electrons. The quantitative estimate of drug-likeness (QED) is 0.659. The van der Waals surface area contributed by atoms with Crippen molar-refractivity contribution in [2.45, 2.75) is 32.7 Å². The number of hydrogen-bond donors (Lipinski definition) is 1. The van der Waals surface area contributed by atoms with Crippen LogP contribution >= 0.6 is 0 Å². The molecule has 0 aromatic rings. The molecule has 0 bridgehead atoms. The van der Waals surface area contributed by atoms with Crippen LogP contribution in [-0.4, -0.2) is 30.6 Å². The molecule has 1 saturated heterocycles. The van der Waals surface area contributed by atoms with E-state index < -0.39 is 0 Å². The molecule has 2 heteroatoms. The molecule has 2 nitrogen and oxygen atoms in total. The molecule has 1 heterocycles. The van der Waals surface area contributed by atoms with Gasteiger partial charge in [-0.25, -0.2) is 0 Å². The van der Waals surface area contributed by atoms with E-state index in [0.29, 0.717) is 0 Å². The van der Waals surface area contributed by atoms with E-state index >= 15 is 0 Å². The molecule has 0 aromatic carbocycles. The average molecular weight is 156 g/mol. The minimum absolute atomic E-state index is 0.812. The lowest BCUT2D eigenvalue weighted by Gasteiger charge is -2.47. The van der Waals surface area contributed by atoms with Crippen molar-refractivity contribution in [1.82, 2.24) is 4.90 Å². The summed E-state index contributed by atoms with van der Waals surface area (Å²) in [5.41, 5.74) is 5.50. The number of likely N-dealkylation sites (tertiary alicyclic amines) is 1. The molecule has 1 rings (SSSR count). The Labute approximate surface area is 69.8 Å². The molecule has 2 N–H and O–H groups in total. The predicted molar refractivity (Wildman–Crippen MR) is 48.5 cm³/mol. The SMILES string of the molecule is CC[C@H]1CN(CCN)[C@@H]1CC. The summed E-state index contributed by atoms with van der Waals surface area (Å²) >= 11 is 0. The highest BCUT2D eigenvalue weighted by molar-refractivity contribution is 4.89. The van der Waals surface area contributed by atoms with Crippen LogP contribution in [0.5, 0.6) is 0 Å². The zero-order valence-corrected chi connectivity index (χ0v) is 7.71. The molecule has 1 fully saturated rings. The van der Waals surface area contributed by atoms with Crippen LogP contribution in [0.2, 0.25) is 0 Å². The second-order valence-electron chi connectivity index (χ2n) is 3.43. The van der Waals surface area contributed by atoms with Gasteiger partial charge >= 0.3 is 0 Å². The Balaban J connectivity index is 2.27. The van der Waals surface area contributed by atoms with E-state index in [4.69, 9.17) is 5.73 Å². The van der Waals surface area contributed by atoms with E-state index in [0.717, 1.165) is 25.0 Å². The van der Waals surface area contributed by atoms with E-state index in [1.54, 1.807) is 0 Å². The van der Waals surface area contributed by atoms with Gasteiger partial charge in [-0.1, -0.05) is 20.3 Å². The highest BCUT2D eigenvalue weighted by Gasteiger charge is 2.34. The molecule has 1 aliphatic rings. The van der Waals surface area contributed by atoms with Gasteiger partial charge in [0.15, 0.2) is 0 Å². The van der Waals surface area contributed by atoms with Crippen molar-refractivity contribution in [2.24, 2.45) is 11.7 Å². The normalized spacial score (nSPS) is 31.9. The first-order valence-electron chi connectivity index (χ1n) is 4.77. The second kappa shape index (κ2) is 4.07. The lowest BCUT2D eigenvalue weighted by atomic mass is 9.85. The molecule has 0 amide bonds. The monoisotopic (exact) mass is 156 g/mol. The number of nitrogens with zero attached hydrogens (tertiary/aromatic N) is 1. The average Bonchev–Trinajstić information content (AvgIpc) is 1.98. The fourth-order valence-corrected chi connectivity index (χ4v) is 2.13. The van der Waals surface area contributed by atoms with Crippen LogP contribution in [0.15, 0.2) is 0 Å². The molecule has 0 aliphatic carbocycles. The van der Waals surface area contributed by atoms with Crippen molar-refractivity contribution < 1.29 is 0 Å². The fraction of sp³-hybridized carbons (Fsp3) is 1.00. The summed E-state index contributed by atoms with van der Waals surface area (Å²) in [5.74, 6) is 0.951. The summed E-state index contributed by atoms with van der Waals surface area (Å²) in [5, 5.41) is 0. The van der Waals surface area contributed by atoms with Gasteiger partial charge in [0, 0.05) is 25.7 Å². The Bertz CT molecular complexity index is 114. The van der Waals surface area contributed by atoms with Gasteiger partial charge in [0.05, 0.1) is 0 Å². The number of nitrogens with two attached hydrogens (primary N) is 1. The zero-order chi connectivity index (χ0) is 8.27. The van der Waals surface area contributed by atoms with Crippen LogP contribution < -0.4 is 5.73 Å². The Kier molecular flexibility index (Phi) is 3.34. The third kappa shape index (κ3) is 1.74. The standard InChI is InChI=1S/C9H20N2/c1-3-8-7-11(6-5-10)9(8)4-2/h8-9H,3-7,10H2,1-2H3/t8-,9+/m0/s1. The zero-order valence-electron chi connectivity index (χ0n) is 7.71. The third-order valence-electron chi connectivity index (χ3n) is 2.84. The van der Waals surface area contributed by atoms with Gasteiger partial charge in [0.25, 0.3) is 0 Å². The van der Waals surface area contributed by atoms with E-state index in [1.807, 2.05) is 0 Å². The predicted octanol–water partition coefficient (Wildman–Crippen LogP) is 1.07. The molecular weight excluding hydrogens is 136 g/mol. The first-order chi connectivity index (χ1) is 5.33. The largest absolute Gasteiger partial charge is 0.329 e. The minimum atomic E-state index is 0.812. The summed E-state index contributed by atoms with van der Waals surface area (Å²) in [6.07, 6.45) is 2.62. The van der Waals surface area contributed by atoms with Crippen molar-refractivity contribution in [3.8, 4) is 0 Å². The highest BCUT2D eigenvalue weighted by atomic mass is 15.2. The topological polar surface area (TPSA) is 29.3 Å². The van der Waals surface area contributed by atoms with Crippen LogP contribution in [0.1, 0.15) is 26.7 Å². The van der Waals surface area contributed by atoms with Gasteiger partial charge in [-0.3, -0.25) is 4.90 Å². The van der Waals surface area contributed by atoms with Crippen molar-refractivity contribution in [2.75, 3.05) is 19.6 Å². The number of hydrogen-bond acceptors (Lipinski definition) is 2. The Morgan fingerprint density at radius 2 is 2.09 bits per heavy atom. The van der Waals surface area contributed by atoms with Gasteiger partial charge in [-0.2, -0.15) is 0 Å². The molecule has 0 spiro atoms. The summed E-state index contributed by atoms with van der Waals surface area (Å²) in [7, 11) is 0. The Hall–Kier alpha value is -0.0800. The first kappa shape index (κ1) is 9.01. The van der Waals surface area contributed by atoms with E-state index in [2.05, 4.69) is 18.7 Å². The lowest BCUT2D eigenvalue weighted by Crippen LogP contribution is -2.56. The van der Waals surface area contributed by atoms with Crippen LogP contribution in [0.3, 0.4) is 0 Å². The third-order valence-corrected chi connectivity index (χ3v) is 2.84. The van der Waals surface area contributed by atoms with Crippen LogP contribution in [0.4, 0.5) is 0 Å². The van der Waals surface area contributed by atoms with E-state index in [1.165, 1.54) is 19.4 Å². The summed E-state index contributed by atoms with van der Waals surface area (Å²) in [4.78, 5) is 2.51. The molecule has 0 unspecified atom stereocenters. The maximum Gasteiger partial charge on any atom is 0.0134 e. The molecule has 0 radical (unpaired) electrons. The molecule has 0 saturated carbocycles. The van der Waals surface area contributed by atoms with Crippen molar-refractivity contribution >= 4 is 0 Å². The van der Waals surface area contributed by atoms with Crippen molar-refractivity contribution in [3.05, 3.63) is 0 Å².